The quantitative estimate of drug-likeness (QED) is 0.446. The Kier molecular flexibility index (Phi) is 6.59. The number of aliphatic imine (C=N–C) groups is 1. The van der Waals surface area contributed by atoms with Crippen LogP contribution in [0.1, 0.15) is 0 Å². The van der Waals surface area contributed by atoms with Gasteiger partial charge in [-0.05, 0) is 41.8 Å². The molecule has 7 nitrogen and oxygen atoms in total. The highest BCUT2D eigenvalue weighted by Gasteiger charge is 2.09. The van der Waals surface area contributed by atoms with E-state index in [1.54, 1.807) is 18.1 Å². The van der Waals surface area contributed by atoms with Crippen molar-refractivity contribution in [1.29, 1.82) is 0 Å². The highest BCUT2D eigenvalue weighted by Crippen LogP contribution is 2.24. The fourth-order valence-corrected chi connectivity index (χ4v) is 2.66. The van der Waals surface area contributed by atoms with Gasteiger partial charge in [-0.15, -0.1) is 10.2 Å². The highest BCUT2D eigenvalue weighted by molar-refractivity contribution is 8.14. The number of ether oxygens (including phenoxy) is 1. The molecule has 3 rings (SSSR count). The van der Waals surface area contributed by atoms with Crippen molar-refractivity contribution in [2.24, 2.45) is 4.99 Å². The van der Waals surface area contributed by atoms with E-state index in [9.17, 15) is 4.79 Å². The standard InChI is InChI=1S/C20H19N5O2S/c1-3-28-13-21-12-18(26)22-16-9-7-14(8-10-16)19-23-20(25-24-19)15-5-4-6-17(11-15)27-2/h3-11,13H,1,12H2,2H3,(H,22,26)(H,23,24,25)/b21-13-. The van der Waals surface area contributed by atoms with Gasteiger partial charge in [0.25, 0.3) is 0 Å². The predicted octanol–water partition coefficient (Wildman–Crippen LogP) is 3.99. The molecular weight excluding hydrogens is 374 g/mol. The second-order valence-electron chi connectivity index (χ2n) is 5.63. The molecule has 0 bridgehead atoms. The van der Waals surface area contributed by atoms with Crippen LogP contribution < -0.4 is 10.1 Å². The molecule has 0 fully saturated rings. The van der Waals surface area contributed by atoms with Gasteiger partial charge in [0, 0.05) is 16.8 Å². The number of benzene rings is 2. The zero-order valence-electron chi connectivity index (χ0n) is 15.3. The van der Waals surface area contributed by atoms with Crippen LogP contribution in [0.5, 0.6) is 5.75 Å². The Morgan fingerprint density at radius 2 is 1.96 bits per heavy atom. The topological polar surface area (TPSA) is 92.3 Å². The van der Waals surface area contributed by atoms with Gasteiger partial charge in [0.05, 0.1) is 12.7 Å². The number of thioether (sulfide) groups is 1. The number of anilines is 1. The summed E-state index contributed by atoms with van der Waals surface area (Å²) in [5, 5.41) is 12.8. The summed E-state index contributed by atoms with van der Waals surface area (Å²) in [4.78, 5) is 19.0. The Balaban J connectivity index is 1.66. The van der Waals surface area contributed by atoms with Gasteiger partial charge in [0.1, 0.15) is 12.3 Å². The molecule has 8 heteroatoms. The first-order chi connectivity index (χ1) is 13.7. The lowest BCUT2D eigenvalue weighted by atomic mass is 10.2. The number of hydrogen-bond acceptors (Lipinski definition) is 6. The number of hydrogen-bond donors (Lipinski definition) is 2. The fraction of sp³-hybridized carbons (Fsp3) is 0.100. The van der Waals surface area contributed by atoms with Crippen LogP contribution in [0.2, 0.25) is 0 Å². The van der Waals surface area contributed by atoms with Crippen molar-refractivity contribution in [1.82, 2.24) is 15.2 Å². The molecule has 2 aromatic carbocycles. The number of methoxy groups -OCH3 is 1. The van der Waals surface area contributed by atoms with Crippen LogP contribution in [0, 0.1) is 0 Å². The molecule has 0 unspecified atom stereocenters. The van der Waals surface area contributed by atoms with E-state index in [2.05, 4.69) is 32.1 Å². The number of H-pyrrole nitrogens is 1. The van der Waals surface area contributed by atoms with Crippen LogP contribution in [-0.4, -0.2) is 40.3 Å². The molecule has 0 saturated heterocycles. The third kappa shape index (κ3) is 5.08. The van der Waals surface area contributed by atoms with E-state index in [1.807, 2.05) is 48.5 Å². The van der Waals surface area contributed by atoms with Gasteiger partial charge in [-0.1, -0.05) is 30.5 Å². The second-order valence-corrected chi connectivity index (χ2v) is 6.44. The SMILES string of the molecule is C=CS/C=N\CC(=O)Nc1ccc(-c2nnc(-c3cccc(OC)c3)[nH]2)cc1. The van der Waals surface area contributed by atoms with Crippen molar-refractivity contribution < 1.29 is 9.53 Å². The van der Waals surface area contributed by atoms with Crippen LogP contribution in [0.3, 0.4) is 0 Å². The van der Waals surface area contributed by atoms with E-state index in [4.69, 9.17) is 4.74 Å². The Labute approximate surface area is 167 Å². The summed E-state index contributed by atoms with van der Waals surface area (Å²) in [5.74, 6) is 1.86. The van der Waals surface area contributed by atoms with Gasteiger partial charge < -0.3 is 15.0 Å². The van der Waals surface area contributed by atoms with Gasteiger partial charge in [-0.25, -0.2) is 0 Å². The largest absolute Gasteiger partial charge is 0.497 e. The minimum Gasteiger partial charge on any atom is -0.497 e. The van der Waals surface area contributed by atoms with Crippen LogP contribution >= 0.6 is 11.8 Å². The molecule has 1 amide bonds. The van der Waals surface area contributed by atoms with Crippen LogP contribution in [0.15, 0.2) is 65.5 Å². The minimum atomic E-state index is -0.186. The number of carbonyl (C=O) groups excluding carboxylic acids is 1. The summed E-state index contributed by atoms with van der Waals surface area (Å²) in [6.07, 6.45) is 0. The van der Waals surface area contributed by atoms with Crippen molar-refractivity contribution in [2.45, 2.75) is 0 Å². The van der Waals surface area contributed by atoms with E-state index in [1.165, 1.54) is 11.8 Å². The zero-order chi connectivity index (χ0) is 19.8. The summed E-state index contributed by atoms with van der Waals surface area (Å²) >= 11 is 1.33. The first-order valence-electron chi connectivity index (χ1n) is 8.41. The van der Waals surface area contributed by atoms with E-state index in [0.29, 0.717) is 17.3 Å². The normalized spacial score (nSPS) is 10.8. The smallest absolute Gasteiger partial charge is 0.246 e. The molecule has 0 aliphatic carbocycles. The molecule has 2 N–H and O–H groups in total. The van der Waals surface area contributed by atoms with Crippen LogP contribution in [0.25, 0.3) is 22.8 Å². The van der Waals surface area contributed by atoms with Crippen LogP contribution in [0.4, 0.5) is 5.69 Å². The Bertz CT molecular complexity index is 982. The number of nitrogens with one attached hydrogen (secondary N) is 2. The lowest BCUT2D eigenvalue weighted by Gasteiger charge is -2.04. The molecule has 1 aromatic heterocycles. The van der Waals surface area contributed by atoms with Gasteiger partial charge in [-0.2, -0.15) is 0 Å². The van der Waals surface area contributed by atoms with E-state index < -0.39 is 0 Å². The van der Waals surface area contributed by atoms with E-state index >= 15 is 0 Å². The monoisotopic (exact) mass is 393 g/mol. The van der Waals surface area contributed by atoms with Gasteiger partial charge in [-0.3, -0.25) is 9.79 Å². The molecule has 3 aromatic rings. The summed E-state index contributed by atoms with van der Waals surface area (Å²) in [5.41, 5.74) is 4.02. The molecular formula is C20H19N5O2S. The van der Waals surface area contributed by atoms with Gasteiger partial charge >= 0.3 is 0 Å². The molecule has 1 heterocycles. The number of rotatable bonds is 8. The van der Waals surface area contributed by atoms with Gasteiger partial charge in [0.15, 0.2) is 11.6 Å². The van der Waals surface area contributed by atoms with Crippen molar-refractivity contribution >= 4 is 28.9 Å². The maximum absolute atomic E-state index is 11.8. The molecule has 0 spiro atoms. The second kappa shape index (κ2) is 9.52. The first kappa shape index (κ1) is 19.4. The lowest BCUT2D eigenvalue weighted by molar-refractivity contribution is -0.114. The van der Waals surface area contributed by atoms with Crippen molar-refractivity contribution in [3.8, 4) is 28.5 Å². The Morgan fingerprint density at radius 3 is 2.68 bits per heavy atom. The summed E-state index contributed by atoms with van der Waals surface area (Å²) in [6, 6.07) is 14.9. The number of carbonyl (C=O) groups is 1. The molecule has 0 radical (unpaired) electrons. The highest BCUT2D eigenvalue weighted by atomic mass is 32.2. The molecule has 28 heavy (non-hydrogen) atoms. The van der Waals surface area contributed by atoms with E-state index in [0.717, 1.165) is 16.9 Å². The molecule has 0 aliphatic rings. The molecule has 0 saturated carbocycles. The van der Waals surface area contributed by atoms with Crippen LogP contribution in [-0.2, 0) is 4.79 Å². The first-order valence-corrected chi connectivity index (χ1v) is 9.36. The molecule has 0 atom stereocenters. The maximum Gasteiger partial charge on any atom is 0.246 e. The number of aromatic nitrogens is 3. The third-order valence-corrected chi connectivity index (χ3v) is 4.20. The summed E-state index contributed by atoms with van der Waals surface area (Å²) in [6.45, 7) is 3.62. The van der Waals surface area contributed by atoms with Gasteiger partial charge in [0.2, 0.25) is 5.91 Å². The average molecular weight is 393 g/mol. The Hall–Kier alpha value is -3.39. The van der Waals surface area contributed by atoms with Crippen molar-refractivity contribution in [3.63, 3.8) is 0 Å². The fourth-order valence-electron chi connectivity index (χ4n) is 2.41. The molecule has 0 aliphatic heterocycles. The average Bonchev–Trinajstić information content (AvgIpc) is 3.22. The minimum absolute atomic E-state index is 0.0641. The summed E-state index contributed by atoms with van der Waals surface area (Å²) in [7, 11) is 1.62. The third-order valence-electron chi connectivity index (χ3n) is 3.74. The van der Waals surface area contributed by atoms with Crippen molar-refractivity contribution in [3.05, 3.63) is 60.5 Å². The molecule has 142 valence electrons. The summed E-state index contributed by atoms with van der Waals surface area (Å²) < 4.78 is 5.24. The number of nitrogens with zero attached hydrogens (tertiary/aromatic N) is 3. The number of aromatic amines is 1. The predicted molar refractivity (Wildman–Crippen MR) is 114 cm³/mol. The lowest BCUT2D eigenvalue weighted by Crippen LogP contribution is -2.14. The number of amides is 1. The maximum atomic E-state index is 11.8. The van der Waals surface area contributed by atoms with Crippen molar-refractivity contribution in [2.75, 3.05) is 19.0 Å². The Morgan fingerprint density at radius 1 is 1.21 bits per heavy atom. The zero-order valence-corrected chi connectivity index (χ0v) is 16.1. The van der Waals surface area contributed by atoms with E-state index in [-0.39, 0.29) is 12.5 Å².